The summed E-state index contributed by atoms with van der Waals surface area (Å²) in [7, 11) is 0. The van der Waals surface area contributed by atoms with Gasteiger partial charge in [-0.1, -0.05) is 5.16 Å². The number of aryl methyl sites for hydroxylation is 1. The first-order valence-corrected chi connectivity index (χ1v) is 6.52. The number of carbonyl (C=O) groups excluding carboxylic acids is 2. The number of amides is 1. The molecule has 1 heterocycles. The van der Waals surface area contributed by atoms with Crippen LogP contribution in [0.25, 0.3) is 0 Å². The third-order valence-corrected chi connectivity index (χ3v) is 2.93. The Kier molecular flexibility index (Phi) is 4.19. The van der Waals surface area contributed by atoms with Crippen molar-refractivity contribution in [3.8, 4) is 0 Å². The molecule has 0 unspecified atom stereocenters. The fourth-order valence-electron chi connectivity index (χ4n) is 2.11. The van der Waals surface area contributed by atoms with Crippen molar-refractivity contribution in [3.63, 3.8) is 0 Å². The Hall–Kier alpha value is -1.85. The number of ether oxygens (including phenoxy) is 1. The van der Waals surface area contributed by atoms with Crippen molar-refractivity contribution < 1.29 is 18.8 Å². The molecule has 1 amide bonds. The average molecular weight is 266 g/mol. The molecule has 1 aliphatic carbocycles. The highest BCUT2D eigenvalue weighted by Gasteiger charge is 2.25. The number of esters is 1. The molecule has 2 rings (SSSR count). The van der Waals surface area contributed by atoms with Crippen molar-refractivity contribution >= 4 is 11.9 Å². The molecule has 6 nitrogen and oxygen atoms in total. The van der Waals surface area contributed by atoms with Crippen molar-refractivity contribution in [2.45, 2.75) is 45.6 Å². The van der Waals surface area contributed by atoms with Gasteiger partial charge in [-0.05, 0) is 33.1 Å². The molecule has 0 saturated carbocycles. The van der Waals surface area contributed by atoms with Crippen molar-refractivity contribution in [2.24, 2.45) is 0 Å². The summed E-state index contributed by atoms with van der Waals surface area (Å²) in [6.45, 7) is 3.39. The third kappa shape index (κ3) is 3.33. The third-order valence-electron chi connectivity index (χ3n) is 2.93. The lowest BCUT2D eigenvalue weighted by molar-refractivity contribution is -0.124. The lowest BCUT2D eigenvalue weighted by atomic mass is 9.96. The lowest BCUT2D eigenvalue weighted by Gasteiger charge is -2.10. The minimum absolute atomic E-state index is 0.0195. The molecular formula is C13H18N2O4. The summed E-state index contributed by atoms with van der Waals surface area (Å²) in [5.74, 6) is -0.142. The van der Waals surface area contributed by atoms with Crippen LogP contribution in [-0.4, -0.2) is 29.7 Å². The second-order valence-electron chi connectivity index (χ2n) is 4.94. The SMILES string of the molecule is CC(C)NC(=O)COC(=O)c1noc2c1CCCC2. The quantitative estimate of drug-likeness (QED) is 0.829. The highest BCUT2D eigenvalue weighted by molar-refractivity contribution is 5.91. The summed E-state index contributed by atoms with van der Waals surface area (Å²) in [6, 6.07) is 0.0195. The van der Waals surface area contributed by atoms with Crippen LogP contribution in [0.1, 0.15) is 48.5 Å². The minimum atomic E-state index is -0.592. The number of aromatic nitrogens is 1. The normalized spacial score (nSPS) is 14.1. The summed E-state index contributed by atoms with van der Waals surface area (Å²) in [6.07, 6.45) is 3.65. The zero-order chi connectivity index (χ0) is 13.8. The zero-order valence-electron chi connectivity index (χ0n) is 11.2. The summed E-state index contributed by atoms with van der Waals surface area (Å²) in [5.41, 5.74) is 1.05. The molecule has 19 heavy (non-hydrogen) atoms. The zero-order valence-corrected chi connectivity index (χ0v) is 11.2. The van der Waals surface area contributed by atoms with E-state index < -0.39 is 5.97 Å². The van der Waals surface area contributed by atoms with Crippen molar-refractivity contribution in [1.82, 2.24) is 10.5 Å². The van der Waals surface area contributed by atoms with E-state index in [-0.39, 0.29) is 24.2 Å². The summed E-state index contributed by atoms with van der Waals surface area (Å²) < 4.78 is 10.1. The largest absolute Gasteiger partial charge is 0.451 e. The monoisotopic (exact) mass is 266 g/mol. The van der Waals surface area contributed by atoms with E-state index >= 15 is 0 Å². The van der Waals surface area contributed by atoms with E-state index in [2.05, 4.69) is 10.5 Å². The van der Waals surface area contributed by atoms with Gasteiger partial charge in [-0.3, -0.25) is 4.79 Å². The Morgan fingerprint density at radius 1 is 1.37 bits per heavy atom. The van der Waals surface area contributed by atoms with Gasteiger partial charge in [0.15, 0.2) is 12.3 Å². The predicted octanol–water partition coefficient (Wildman–Crippen LogP) is 1.23. The van der Waals surface area contributed by atoms with E-state index in [0.717, 1.165) is 37.0 Å². The maximum absolute atomic E-state index is 11.8. The van der Waals surface area contributed by atoms with Gasteiger partial charge >= 0.3 is 5.97 Å². The van der Waals surface area contributed by atoms with E-state index in [9.17, 15) is 9.59 Å². The van der Waals surface area contributed by atoms with Crippen LogP contribution in [0.4, 0.5) is 0 Å². The maximum atomic E-state index is 11.8. The molecular weight excluding hydrogens is 248 g/mol. The first kappa shape index (κ1) is 13.6. The van der Waals surface area contributed by atoms with Crippen molar-refractivity contribution in [3.05, 3.63) is 17.0 Å². The molecule has 0 spiro atoms. The number of nitrogens with zero attached hydrogens (tertiary/aromatic N) is 1. The number of nitrogens with one attached hydrogen (secondary N) is 1. The van der Waals surface area contributed by atoms with Crippen molar-refractivity contribution in [2.75, 3.05) is 6.61 Å². The number of hydrogen-bond acceptors (Lipinski definition) is 5. The predicted molar refractivity (Wildman–Crippen MR) is 66.7 cm³/mol. The highest BCUT2D eigenvalue weighted by Crippen LogP contribution is 2.24. The molecule has 1 aromatic heterocycles. The molecule has 1 aromatic rings. The molecule has 104 valence electrons. The molecule has 0 aliphatic heterocycles. The molecule has 1 N–H and O–H groups in total. The fraction of sp³-hybridized carbons (Fsp3) is 0.615. The molecule has 0 atom stereocenters. The van der Waals surface area contributed by atoms with E-state index in [1.165, 1.54) is 0 Å². The summed E-state index contributed by atoms with van der Waals surface area (Å²) >= 11 is 0. The number of hydrogen-bond donors (Lipinski definition) is 1. The van der Waals surface area contributed by atoms with Crippen molar-refractivity contribution in [1.29, 1.82) is 0 Å². The van der Waals surface area contributed by atoms with Gasteiger partial charge in [0.25, 0.3) is 5.91 Å². The van der Waals surface area contributed by atoms with E-state index in [4.69, 9.17) is 9.26 Å². The number of rotatable bonds is 4. The van der Waals surface area contributed by atoms with Crippen LogP contribution < -0.4 is 5.32 Å². The second kappa shape index (κ2) is 5.86. The van der Waals surface area contributed by atoms with Crippen LogP contribution in [0.2, 0.25) is 0 Å². The van der Waals surface area contributed by atoms with Crippen LogP contribution in [0.15, 0.2) is 4.52 Å². The minimum Gasteiger partial charge on any atom is -0.451 e. The Bertz CT molecular complexity index is 479. The van der Waals surface area contributed by atoms with Gasteiger partial charge in [0.05, 0.1) is 0 Å². The van der Waals surface area contributed by atoms with Gasteiger partial charge in [0.2, 0.25) is 0 Å². The van der Waals surface area contributed by atoms with E-state index in [1.807, 2.05) is 13.8 Å². The summed E-state index contributed by atoms with van der Waals surface area (Å²) in [4.78, 5) is 23.2. The smallest absolute Gasteiger partial charge is 0.361 e. The second-order valence-corrected chi connectivity index (χ2v) is 4.94. The molecule has 0 saturated heterocycles. The first-order chi connectivity index (χ1) is 9.08. The Morgan fingerprint density at radius 3 is 2.84 bits per heavy atom. The standard InChI is InChI=1S/C13H18N2O4/c1-8(2)14-11(16)7-18-13(17)12-9-5-3-4-6-10(9)19-15-12/h8H,3-7H2,1-2H3,(H,14,16). The van der Waals surface area contributed by atoms with Gasteiger partial charge < -0.3 is 14.6 Å². The van der Waals surface area contributed by atoms with Crippen LogP contribution in [0.5, 0.6) is 0 Å². The van der Waals surface area contributed by atoms with Crippen LogP contribution >= 0.6 is 0 Å². The highest BCUT2D eigenvalue weighted by atomic mass is 16.5. The topological polar surface area (TPSA) is 81.4 Å². The van der Waals surface area contributed by atoms with Gasteiger partial charge in [-0.25, -0.2) is 4.79 Å². The molecule has 0 fully saturated rings. The van der Waals surface area contributed by atoms with Gasteiger partial charge in [-0.15, -0.1) is 0 Å². The molecule has 6 heteroatoms. The van der Waals surface area contributed by atoms with Gasteiger partial charge in [0, 0.05) is 18.0 Å². The summed E-state index contributed by atoms with van der Waals surface area (Å²) in [5, 5.41) is 6.40. The van der Waals surface area contributed by atoms with Crippen LogP contribution in [-0.2, 0) is 22.4 Å². The lowest BCUT2D eigenvalue weighted by Crippen LogP contribution is -2.34. The van der Waals surface area contributed by atoms with E-state index in [0.29, 0.717) is 0 Å². The fourth-order valence-corrected chi connectivity index (χ4v) is 2.11. The van der Waals surface area contributed by atoms with Gasteiger partial charge in [-0.2, -0.15) is 0 Å². The van der Waals surface area contributed by atoms with Crippen LogP contribution in [0.3, 0.4) is 0 Å². The molecule has 1 aliphatic rings. The molecule has 0 radical (unpaired) electrons. The van der Waals surface area contributed by atoms with E-state index in [1.54, 1.807) is 0 Å². The Balaban J connectivity index is 1.93. The molecule has 0 bridgehead atoms. The maximum Gasteiger partial charge on any atom is 0.361 e. The first-order valence-electron chi connectivity index (χ1n) is 6.52. The molecule has 0 aromatic carbocycles. The van der Waals surface area contributed by atoms with Crippen LogP contribution in [0, 0.1) is 0 Å². The number of fused-ring (bicyclic) bond motifs is 1. The number of carbonyl (C=O) groups is 2. The van der Waals surface area contributed by atoms with Gasteiger partial charge in [0.1, 0.15) is 5.76 Å². The Labute approximate surface area is 111 Å². The Morgan fingerprint density at radius 2 is 2.11 bits per heavy atom. The average Bonchev–Trinajstić information content (AvgIpc) is 2.79.